The number of rotatable bonds is 2. The van der Waals surface area contributed by atoms with E-state index in [0.717, 1.165) is 4.68 Å². The predicted molar refractivity (Wildman–Crippen MR) is 75.2 cm³/mol. The van der Waals surface area contributed by atoms with Gasteiger partial charge in [-0.3, -0.25) is 14.4 Å². The minimum Gasteiger partial charge on any atom is -0.481 e. The number of carbonyl (C=O) groups is 2. The Balaban J connectivity index is 2.37. The van der Waals surface area contributed by atoms with Gasteiger partial charge in [0.1, 0.15) is 5.56 Å². The van der Waals surface area contributed by atoms with E-state index in [0.29, 0.717) is 30.6 Å². The summed E-state index contributed by atoms with van der Waals surface area (Å²) in [7, 11) is 1.50. The second kappa shape index (κ2) is 5.67. The Morgan fingerprint density at radius 1 is 1.33 bits per heavy atom. The molecule has 0 bridgehead atoms. The van der Waals surface area contributed by atoms with Gasteiger partial charge in [0.15, 0.2) is 0 Å². The number of carboxylic acid groups (broad SMARTS) is 1. The number of carboxylic acids is 1. The molecule has 0 aliphatic carbocycles. The van der Waals surface area contributed by atoms with E-state index in [-0.39, 0.29) is 12.1 Å². The van der Waals surface area contributed by atoms with Gasteiger partial charge in [0.25, 0.3) is 11.5 Å². The van der Waals surface area contributed by atoms with Crippen LogP contribution in [-0.2, 0) is 11.8 Å². The highest BCUT2D eigenvalue weighted by atomic mass is 16.4. The largest absolute Gasteiger partial charge is 0.481 e. The summed E-state index contributed by atoms with van der Waals surface area (Å²) in [6, 6.07) is 0. The Labute approximate surface area is 122 Å². The van der Waals surface area contributed by atoms with Crippen molar-refractivity contribution in [2.45, 2.75) is 26.7 Å². The van der Waals surface area contributed by atoms with Crippen LogP contribution >= 0.6 is 0 Å². The van der Waals surface area contributed by atoms with Gasteiger partial charge >= 0.3 is 5.97 Å². The Hall–Kier alpha value is -2.18. The summed E-state index contributed by atoms with van der Waals surface area (Å²) in [5.74, 6) is -1.86. The number of piperidine rings is 1. The molecule has 7 nitrogen and oxygen atoms in total. The summed E-state index contributed by atoms with van der Waals surface area (Å²) >= 11 is 0. The lowest BCUT2D eigenvalue weighted by Gasteiger charge is -2.31. The van der Waals surface area contributed by atoms with Crippen molar-refractivity contribution in [2.75, 3.05) is 13.1 Å². The average Bonchev–Trinajstić information content (AvgIpc) is 2.45. The molecule has 1 fully saturated rings. The van der Waals surface area contributed by atoms with Crippen molar-refractivity contribution in [1.82, 2.24) is 14.7 Å². The molecule has 2 heterocycles. The van der Waals surface area contributed by atoms with Crippen LogP contribution in [0.15, 0.2) is 4.79 Å². The van der Waals surface area contributed by atoms with Gasteiger partial charge in [-0.05, 0) is 32.3 Å². The van der Waals surface area contributed by atoms with Crippen LogP contribution in [-0.4, -0.2) is 44.8 Å². The summed E-state index contributed by atoms with van der Waals surface area (Å²) in [5.41, 5.74) is 0.823. The molecule has 1 amide bonds. The molecule has 0 saturated carbocycles. The number of aliphatic carboxylic acids is 1. The third kappa shape index (κ3) is 2.81. The van der Waals surface area contributed by atoms with Crippen molar-refractivity contribution in [2.24, 2.45) is 13.0 Å². The van der Waals surface area contributed by atoms with Gasteiger partial charge in [-0.2, -0.15) is 5.10 Å². The first-order valence-corrected chi connectivity index (χ1v) is 6.89. The van der Waals surface area contributed by atoms with Crippen molar-refractivity contribution in [1.29, 1.82) is 0 Å². The molecular formula is C14H19N3O4. The lowest BCUT2D eigenvalue weighted by Crippen LogP contribution is -2.45. The quantitative estimate of drug-likeness (QED) is 0.848. The van der Waals surface area contributed by atoms with Crippen LogP contribution < -0.4 is 5.56 Å². The van der Waals surface area contributed by atoms with Crippen molar-refractivity contribution in [3.8, 4) is 0 Å². The second-order valence-corrected chi connectivity index (χ2v) is 5.44. The summed E-state index contributed by atoms with van der Waals surface area (Å²) in [6.45, 7) is 4.06. The molecular weight excluding hydrogens is 274 g/mol. The highest BCUT2D eigenvalue weighted by molar-refractivity contribution is 5.95. The van der Waals surface area contributed by atoms with Crippen LogP contribution in [0.3, 0.4) is 0 Å². The van der Waals surface area contributed by atoms with Crippen LogP contribution in [0.25, 0.3) is 0 Å². The molecule has 1 aromatic heterocycles. The second-order valence-electron chi connectivity index (χ2n) is 5.44. The lowest BCUT2D eigenvalue weighted by molar-refractivity contribution is -0.143. The minimum atomic E-state index is -0.900. The standard InChI is InChI=1S/C14H19N3O4/c1-8-9(2)15-16(3)12(18)11(8)13(19)17-6-4-5-10(7-17)14(20)21/h10H,4-7H2,1-3H3,(H,20,21). The number of amides is 1. The van der Waals surface area contributed by atoms with E-state index in [4.69, 9.17) is 5.11 Å². The van der Waals surface area contributed by atoms with Gasteiger partial charge in [0.2, 0.25) is 0 Å². The third-order valence-corrected chi connectivity index (χ3v) is 4.00. The molecule has 1 aliphatic heterocycles. The smallest absolute Gasteiger partial charge is 0.308 e. The molecule has 1 unspecified atom stereocenters. The number of likely N-dealkylation sites (tertiary alicyclic amines) is 1. The van der Waals surface area contributed by atoms with Crippen LogP contribution in [0, 0.1) is 19.8 Å². The van der Waals surface area contributed by atoms with Gasteiger partial charge in [-0.25, -0.2) is 4.68 Å². The van der Waals surface area contributed by atoms with E-state index >= 15 is 0 Å². The summed E-state index contributed by atoms with van der Waals surface area (Å²) in [6.07, 6.45) is 1.19. The summed E-state index contributed by atoms with van der Waals surface area (Å²) in [4.78, 5) is 37.3. The first-order valence-electron chi connectivity index (χ1n) is 6.89. The normalized spacial score (nSPS) is 18.6. The maximum absolute atomic E-state index is 12.6. The zero-order valence-corrected chi connectivity index (χ0v) is 12.4. The molecule has 7 heteroatoms. The molecule has 2 rings (SSSR count). The highest BCUT2D eigenvalue weighted by Gasteiger charge is 2.31. The topological polar surface area (TPSA) is 92.5 Å². The van der Waals surface area contributed by atoms with E-state index in [9.17, 15) is 14.4 Å². The predicted octanol–water partition coefficient (Wildman–Crippen LogP) is 0.334. The average molecular weight is 293 g/mol. The van der Waals surface area contributed by atoms with Crippen LogP contribution in [0.5, 0.6) is 0 Å². The highest BCUT2D eigenvalue weighted by Crippen LogP contribution is 2.19. The third-order valence-electron chi connectivity index (χ3n) is 4.00. The molecule has 114 valence electrons. The van der Waals surface area contributed by atoms with Crippen LogP contribution in [0.2, 0.25) is 0 Å². The lowest BCUT2D eigenvalue weighted by atomic mass is 9.97. The molecule has 0 aromatic carbocycles. The number of aromatic nitrogens is 2. The summed E-state index contributed by atoms with van der Waals surface area (Å²) < 4.78 is 1.15. The monoisotopic (exact) mass is 293 g/mol. The Bertz CT molecular complexity index is 650. The van der Waals surface area contributed by atoms with E-state index in [1.54, 1.807) is 13.8 Å². The van der Waals surface area contributed by atoms with Gasteiger partial charge in [0, 0.05) is 20.1 Å². The summed E-state index contributed by atoms with van der Waals surface area (Å²) in [5, 5.41) is 13.1. The number of carbonyl (C=O) groups excluding carboxylic acids is 1. The zero-order chi connectivity index (χ0) is 15.7. The zero-order valence-electron chi connectivity index (χ0n) is 12.4. The van der Waals surface area contributed by atoms with E-state index in [1.807, 2.05) is 0 Å². The fraction of sp³-hybridized carbons (Fsp3) is 0.571. The molecule has 1 aromatic rings. The Morgan fingerprint density at radius 3 is 2.62 bits per heavy atom. The van der Waals surface area contributed by atoms with Gasteiger partial charge in [-0.1, -0.05) is 0 Å². The van der Waals surface area contributed by atoms with Crippen LogP contribution in [0.1, 0.15) is 34.5 Å². The maximum atomic E-state index is 12.6. The molecule has 1 N–H and O–H groups in total. The Morgan fingerprint density at radius 2 is 2.00 bits per heavy atom. The van der Waals surface area contributed by atoms with Crippen molar-refractivity contribution < 1.29 is 14.7 Å². The fourth-order valence-electron chi connectivity index (χ4n) is 2.62. The first kappa shape index (κ1) is 15.2. The van der Waals surface area contributed by atoms with Crippen molar-refractivity contribution >= 4 is 11.9 Å². The SMILES string of the molecule is Cc1nn(C)c(=O)c(C(=O)N2CCCC(C(=O)O)C2)c1C. The maximum Gasteiger partial charge on any atom is 0.308 e. The van der Waals surface area contributed by atoms with Gasteiger partial charge in [-0.15, -0.1) is 0 Å². The van der Waals surface area contributed by atoms with Crippen LogP contribution in [0.4, 0.5) is 0 Å². The molecule has 1 atom stereocenters. The minimum absolute atomic E-state index is 0.0936. The van der Waals surface area contributed by atoms with Crippen molar-refractivity contribution in [3.63, 3.8) is 0 Å². The molecule has 21 heavy (non-hydrogen) atoms. The molecule has 0 radical (unpaired) electrons. The Kier molecular flexibility index (Phi) is 4.11. The number of hydrogen-bond donors (Lipinski definition) is 1. The molecule has 0 spiro atoms. The molecule has 1 aliphatic rings. The first-order chi connectivity index (χ1) is 9.82. The number of aryl methyl sites for hydroxylation is 2. The number of nitrogens with zero attached hydrogens (tertiary/aromatic N) is 3. The van der Waals surface area contributed by atoms with E-state index in [1.165, 1.54) is 11.9 Å². The van der Waals surface area contributed by atoms with Gasteiger partial charge < -0.3 is 10.0 Å². The van der Waals surface area contributed by atoms with E-state index < -0.39 is 23.4 Å². The van der Waals surface area contributed by atoms with Crippen molar-refractivity contribution in [3.05, 3.63) is 27.2 Å². The van der Waals surface area contributed by atoms with Gasteiger partial charge in [0.05, 0.1) is 11.6 Å². The number of hydrogen-bond acceptors (Lipinski definition) is 4. The van der Waals surface area contributed by atoms with E-state index in [2.05, 4.69) is 5.10 Å². The molecule has 1 saturated heterocycles. The fourth-order valence-corrected chi connectivity index (χ4v) is 2.62.